The normalized spacial score (nSPS) is 11.4. The number of carbonyl (C=O) groups is 1. The van der Waals surface area contributed by atoms with Crippen LogP contribution in [0.4, 0.5) is 5.69 Å². The Morgan fingerprint density at radius 3 is 2.76 bits per heavy atom. The maximum Gasteiger partial charge on any atom is 0.263 e. The van der Waals surface area contributed by atoms with Crippen LogP contribution in [0.15, 0.2) is 56.7 Å². The molecule has 0 aliphatic rings. The van der Waals surface area contributed by atoms with E-state index in [1.807, 2.05) is 61.9 Å². The summed E-state index contributed by atoms with van der Waals surface area (Å²) in [5.74, 6) is 0.694. The minimum atomic E-state index is -0.352. The van der Waals surface area contributed by atoms with Crippen molar-refractivity contribution in [3.8, 4) is 21.9 Å². The van der Waals surface area contributed by atoms with Crippen LogP contribution in [0, 0.1) is 6.92 Å². The highest BCUT2D eigenvalue weighted by atomic mass is 32.1. The summed E-state index contributed by atoms with van der Waals surface area (Å²) in [6.45, 7) is 5.68. The van der Waals surface area contributed by atoms with Gasteiger partial charge in [0.15, 0.2) is 5.82 Å². The van der Waals surface area contributed by atoms with Gasteiger partial charge in [-0.1, -0.05) is 37.2 Å². The molecule has 5 aromatic rings. The maximum absolute atomic E-state index is 13.2. The molecule has 4 aromatic heterocycles. The molecule has 4 heterocycles. The first-order valence-electron chi connectivity index (χ1n) is 10.7. The molecule has 0 aliphatic carbocycles. The van der Waals surface area contributed by atoms with E-state index in [0.717, 1.165) is 16.0 Å². The van der Waals surface area contributed by atoms with Crippen molar-refractivity contribution in [3.05, 3.63) is 69.2 Å². The van der Waals surface area contributed by atoms with Crippen molar-refractivity contribution in [3.63, 3.8) is 0 Å². The monoisotopic (exact) mass is 491 g/mol. The molecule has 34 heavy (non-hydrogen) atoms. The van der Waals surface area contributed by atoms with Gasteiger partial charge in [-0.05, 0) is 30.0 Å². The largest absolute Gasteiger partial charge is 0.334 e. The molecule has 10 heteroatoms. The van der Waals surface area contributed by atoms with E-state index in [1.54, 1.807) is 11.3 Å². The molecule has 5 rings (SSSR count). The van der Waals surface area contributed by atoms with Gasteiger partial charge >= 0.3 is 0 Å². The zero-order valence-corrected chi connectivity index (χ0v) is 20.4. The smallest absolute Gasteiger partial charge is 0.263 e. The molecule has 8 nitrogen and oxygen atoms in total. The minimum Gasteiger partial charge on any atom is -0.334 e. The highest BCUT2D eigenvalue weighted by molar-refractivity contribution is 7.18. The van der Waals surface area contributed by atoms with Crippen LogP contribution in [0.5, 0.6) is 0 Å². The highest BCUT2D eigenvalue weighted by Crippen LogP contribution is 2.33. The fourth-order valence-corrected chi connectivity index (χ4v) is 5.34. The summed E-state index contributed by atoms with van der Waals surface area (Å²) in [7, 11) is 0. The Labute approximate surface area is 202 Å². The van der Waals surface area contributed by atoms with Crippen LogP contribution in [0.3, 0.4) is 0 Å². The van der Waals surface area contributed by atoms with Crippen molar-refractivity contribution >= 4 is 44.5 Å². The number of anilines is 1. The summed E-state index contributed by atoms with van der Waals surface area (Å²) in [5.41, 5.74) is 2.65. The third-order valence-electron chi connectivity index (χ3n) is 5.39. The van der Waals surface area contributed by atoms with Crippen molar-refractivity contribution in [2.75, 3.05) is 5.32 Å². The molecule has 0 unspecified atom stereocenters. The van der Waals surface area contributed by atoms with Crippen LogP contribution in [0.1, 0.15) is 31.2 Å². The van der Waals surface area contributed by atoms with E-state index in [1.165, 1.54) is 22.2 Å². The van der Waals surface area contributed by atoms with Gasteiger partial charge in [-0.15, -0.1) is 22.7 Å². The Kier molecular flexibility index (Phi) is 5.84. The van der Waals surface area contributed by atoms with Crippen LogP contribution in [-0.4, -0.2) is 25.6 Å². The van der Waals surface area contributed by atoms with Gasteiger partial charge in [0.25, 0.3) is 11.4 Å². The van der Waals surface area contributed by atoms with Gasteiger partial charge in [-0.25, -0.2) is 4.98 Å². The Hall–Kier alpha value is -3.63. The molecule has 1 N–H and O–H groups in total. The third kappa shape index (κ3) is 4.06. The lowest BCUT2D eigenvalue weighted by molar-refractivity contribution is -0.116. The standard InChI is InChI=1S/C24H21N5O3S2/c1-13(2)21-27-22(32-28-21)15-7-4-6-14(3)20(15)26-18(30)10-29-12-25-23-19(24(29)31)16(11-34-23)17-8-5-9-33-17/h4-9,11-13H,10H2,1-3H3,(H,26,30). The van der Waals surface area contributed by atoms with Crippen molar-refractivity contribution in [1.82, 2.24) is 19.7 Å². The number of aromatic nitrogens is 4. The third-order valence-corrected chi connectivity index (χ3v) is 7.18. The predicted molar refractivity (Wildman–Crippen MR) is 134 cm³/mol. The SMILES string of the molecule is Cc1cccc(-c2nc(C(C)C)no2)c1NC(=O)Cn1cnc2scc(-c3cccs3)c2c1=O. The van der Waals surface area contributed by atoms with Crippen molar-refractivity contribution in [1.29, 1.82) is 0 Å². The van der Waals surface area contributed by atoms with E-state index in [4.69, 9.17) is 4.52 Å². The molecule has 0 fully saturated rings. The molecule has 1 aromatic carbocycles. The van der Waals surface area contributed by atoms with Crippen molar-refractivity contribution in [2.45, 2.75) is 33.2 Å². The summed E-state index contributed by atoms with van der Waals surface area (Å²) in [6, 6.07) is 9.48. The van der Waals surface area contributed by atoms with Crippen LogP contribution in [0.25, 0.3) is 32.1 Å². The molecule has 0 saturated heterocycles. The summed E-state index contributed by atoms with van der Waals surface area (Å²) in [4.78, 5) is 36.8. The lowest BCUT2D eigenvalue weighted by atomic mass is 10.1. The number of para-hydroxylation sites is 1. The highest BCUT2D eigenvalue weighted by Gasteiger charge is 2.19. The molecular formula is C24H21N5O3S2. The number of hydrogen-bond acceptors (Lipinski definition) is 8. The minimum absolute atomic E-state index is 0.116. The van der Waals surface area contributed by atoms with Crippen molar-refractivity contribution in [2.24, 2.45) is 0 Å². The first kappa shape index (κ1) is 22.2. The molecule has 0 atom stereocenters. The topological polar surface area (TPSA) is 103 Å². The fraction of sp³-hybridized carbons (Fsp3) is 0.208. The summed E-state index contributed by atoms with van der Waals surface area (Å²) in [5, 5.41) is 11.4. The van der Waals surface area contributed by atoms with E-state index in [0.29, 0.717) is 33.2 Å². The number of nitrogens with zero attached hydrogens (tertiary/aromatic N) is 4. The fourth-order valence-electron chi connectivity index (χ4n) is 3.62. The van der Waals surface area contributed by atoms with Crippen LogP contribution in [0.2, 0.25) is 0 Å². The molecular weight excluding hydrogens is 470 g/mol. The van der Waals surface area contributed by atoms with E-state index in [2.05, 4.69) is 20.4 Å². The number of carbonyl (C=O) groups excluding carboxylic acids is 1. The molecule has 172 valence electrons. The summed E-state index contributed by atoms with van der Waals surface area (Å²) in [6.07, 6.45) is 1.42. The Balaban J connectivity index is 1.45. The van der Waals surface area contributed by atoms with Gasteiger partial charge in [-0.2, -0.15) is 4.98 Å². The number of thiophene rings is 2. The molecule has 0 radical (unpaired) electrons. The number of fused-ring (bicyclic) bond motifs is 1. The van der Waals surface area contributed by atoms with E-state index < -0.39 is 0 Å². The number of rotatable bonds is 6. The van der Waals surface area contributed by atoms with Gasteiger partial charge in [0.1, 0.15) is 11.4 Å². The predicted octanol–water partition coefficient (Wildman–Crippen LogP) is 5.31. The Morgan fingerprint density at radius 2 is 2.03 bits per heavy atom. The number of aryl methyl sites for hydroxylation is 1. The number of amides is 1. The Morgan fingerprint density at radius 1 is 1.18 bits per heavy atom. The number of hydrogen-bond donors (Lipinski definition) is 1. The maximum atomic E-state index is 13.2. The lowest BCUT2D eigenvalue weighted by Crippen LogP contribution is -2.28. The second-order valence-electron chi connectivity index (χ2n) is 8.14. The van der Waals surface area contributed by atoms with Gasteiger partial charge < -0.3 is 9.84 Å². The first-order valence-corrected chi connectivity index (χ1v) is 12.4. The van der Waals surface area contributed by atoms with Gasteiger partial charge in [0, 0.05) is 21.7 Å². The molecule has 0 aliphatic heterocycles. The molecule has 0 bridgehead atoms. The van der Waals surface area contributed by atoms with Crippen LogP contribution in [-0.2, 0) is 11.3 Å². The Bertz CT molecular complexity index is 1550. The molecule has 0 saturated carbocycles. The zero-order chi connectivity index (χ0) is 23.8. The summed E-state index contributed by atoms with van der Waals surface area (Å²) >= 11 is 2.98. The summed E-state index contributed by atoms with van der Waals surface area (Å²) < 4.78 is 6.78. The first-order chi connectivity index (χ1) is 16.4. The second kappa shape index (κ2) is 8.96. The van der Waals surface area contributed by atoms with Gasteiger partial charge in [0.05, 0.1) is 23.0 Å². The van der Waals surface area contributed by atoms with Crippen molar-refractivity contribution < 1.29 is 9.32 Å². The van der Waals surface area contributed by atoms with E-state index in [9.17, 15) is 9.59 Å². The zero-order valence-electron chi connectivity index (χ0n) is 18.7. The average Bonchev–Trinajstić information content (AvgIpc) is 3.57. The molecule has 1 amide bonds. The van der Waals surface area contributed by atoms with E-state index >= 15 is 0 Å². The quantitative estimate of drug-likeness (QED) is 0.345. The second-order valence-corrected chi connectivity index (χ2v) is 9.95. The van der Waals surface area contributed by atoms with E-state index in [-0.39, 0.29) is 23.9 Å². The van der Waals surface area contributed by atoms with Gasteiger partial charge in [0.2, 0.25) is 5.91 Å². The van der Waals surface area contributed by atoms with Crippen LogP contribution < -0.4 is 10.9 Å². The lowest BCUT2D eigenvalue weighted by Gasteiger charge is -2.12. The average molecular weight is 492 g/mol. The number of nitrogens with one attached hydrogen (secondary N) is 1. The van der Waals surface area contributed by atoms with Gasteiger partial charge in [-0.3, -0.25) is 14.2 Å². The van der Waals surface area contributed by atoms with Crippen LogP contribution >= 0.6 is 22.7 Å². The molecule has 0 spiro atoms. The number of benzene rings is 1.